The van der Waals surface area contributed by atoms with Crippen molar-refractivity contribution >= 4 is 21.5 Å². The lowest BCUT2D eigenvalue weighted by molar-refractivity contribution is 0.473. The largest absolute Gasteiger partial charge is 0.507 e. The third-order valence-corrected chi connectivity index (χ3v) is 5.59. The maximum Gasteiger partial charge on any atom is 0.127 e. The first-order chi connectivity index (χ1) is 12.0. The van der Waals surface area contributed by atoms with Gasteiger partial charge in [0.05, 0.1) is 0 Å². The first-order valence-electron chi connectivity index (χ1n) is 8.71. The molecule has 1 N–H and O–H groups in total. The summed E-state index contributed by atoms with van der Waals surface area (Å²) in [5.74, 6) is 0.393. The monoisotopic (exact) mass is 326 g/mol. The van der Waals surface area contributed by atoms with E-state index >= 15 is 0 Å². The second-order valence-electron chi connectivity index (χ2n) is 6.93. The van der Waals surface area contributed by atoms with E-state index in [0.717, 1.165) is 27.6 Å². The lowest BCUT2D eigenvalue weighted by Crippen LogP contribution is -1.95. The van der Waals surface area contributed by atoms with E-state index in [9.17, 15) is 5.11 Å². The van der Waals surface area contributed by atoms with E-state index in [1.807, 2.05) is 6.92 Å². The third kappa shape index (κ3) is 2.23. The second kappa shape index (κ2) is 5.63. The normalized spacial score (nSPS) is 11.4. The van der Waals surface area contributed by atoms with E-state index in [0.29, 0.717) is 5.75 Å². The van der Waals surface area contributed by atoms with Crippen LogP contribution in [-0.4, -0.2) is 5.11 Å². The molecule has 0 radical (unpaired) electrons. The fourth-order valence-corrected chi connectivity index (χ4v) is 3.90. The first kappa shape index (κ1) is 15.7. The molecule has 0 spiro atoms. The summed E-state index contributed by atoms with van der Waals surface area (Å²) < 4.78 is 0. The molecule has 0 aliphatic carbocycles. The van der Waals surface area contributed by atoms with Crippen LogP contribution in [0.3, 0.4) is 0 Å². The zero-order valence-electron chi connectivity index (χ0n) is 15.1. The maximum absolute atomic E-state index is 11.0. The first-order valence-corrected chi connectivity index (χ1v) is 8.71. The number of phenols is 1. The summed E-state index contributed by atoms with van der Waals surface area (Å²) in [5, 5.41) is 15.8. The Morgan fingerprint density at radius 2 is 1.36 bits per heavy atom. The highest BCUT2D eigenvalue weighted by Crippen LogP contribution is 2.44. The second-order valence-corrected chi connectivity index (χ2v) is 6.93. The van der Waals surface area contributed by atoms with Crippen molar-refractivity contribution in [2.75, 3.05) is 0 Å². The van der Waals surface area contributed by atoms with Gasteiger partial charge in [0.2, 0.25) is 0 Å². The molecule has 1 nitrogen and oxygen atoms in total. The van der Waals surface area contributed by atoms with E-state index in [1.54, 1.807) is 0 Å². The Labute approximate surface area is 148 Å². The quantitative estimate of drug-likeness (QED) is 0.418. The van der Waals surface area contributed by atoms with Crippen LogP contribution < -0.4 is 0 Å². The molecule has 25 heavy (non-hydrogen) atoms. The van der Waals surface area contributed by atoms with Crippen molar-refractivity contribution in [2.45, 2.75) is 27.7 Å². The number of aryl methyl sites for hydroxylation is 3. The molecule has 0 atom stereocenters. The zero-order valence-corrected chi connectivity index (χ0v) is 15.1. The minimum atomic E-state index is 0.393. The van der Waals surface area contributed by atoms with Gasteiger partial charge >= 0.3 is 0 Å². The summed E-state index contributed by atoms with van der Waals surface area (Å²) in [4.78, 5) is 0. The Morgan fingerprint density at radius 3 is 2.16 bits per heavy atom. The lowest BCUT2D eigenvalue weighted by Gasteiger charge is -2.19. The van der Waals surface area contributed by atoms with Gasteiger partial charge in [0, 0.05) is 5.56 Å². The molecule has 0 unspecified atom stereocenters. The highest BCUT2D eigenvalue weighted by atomic mass is 16.3. The average molecular weight is 326 g/mol. The predicted octanol–water partition coefficient (Wildman–Crippen LogP) is 6.60. The molecule has 0 aliphatic rings. The van der Waals surface area contributed by atoms with Gasteiger partial charge < -0.3 is 5.11 Å². The van der Waals surface area contributed by atoms with E-state index in [4.69, 9.17) is 0 Å². The average Bonchev–Trinajstić information content (AvgIpc) is 2.63. The van der Waals surface area contributed by atoms with Crippen LogP contribution in [0.25, 0.3) is 32.7 Å². The molecule has 4 aromatic carbocycles. The van der Waals surface area contributed by atoms with Gasteiger partial charge in [-0.05, 0) is 77.1 Å². The molecule has 0 heterocycles. The fraction of sp³-hybridized carbons (Fsp3) is 0.167. The van der Waals surface area contributed by atoms with Crippen molar-refractivity contribution in [3.05, 3.63) is 76.9 Å². The Bertz CT molecular complexity index is 1130. The van der Waals surface area contributed by atoms with Crippen LogP contribution in [0.15, 0.2) is 54.6 Å². The lowest BCUT2D eigenvalue weighted by atomic mass is 9.86. The molecule has 0 saturated heterocycles. The van der Waals surface area contributed by atoms with Crippen LogP contribution in [-0.2, 0) is 0 Å². The van der Waals surface area contributed by atoms with Gasteiger partial charge in [-0.1, -0.05) is 54.6 Å². The SMILES string of the molecule is Cc1ccc2c(-c3cccc4ccccc34)c(O)c(C)c(C)c2c1C. The molecule has 0 aliphatic heterocycles. The highest BCUT2D eigenvalue weighted by Gasteiger charge is 2.18. The molecule has 0 fully saturated rings. The number of phenolic OH excluding ortho intramolecular Hbond substituents is 1. The van der Waals surface area contributed by atoms with Gasteiger partial charge in [0.15, 0.2) is 0 Å². The molecule has 124 valence electrons. The Balaban J connectivity index is 2.24. The Kier molecular flexibility index (Phi) is 3.54. The van der Waals surface area contributed by atoms with Gasteiger partial charge in [0.25, 0.3) is 0 Å². The van der Waals surface area contributed by atoms with Crippen LogP contribution in [0.1, 0.15) is 22.3 Å². The van der Waals surface area contributed by atoms with E-state index in [2.05, 4.69) is 75.4 Å². The van der Waals surface area contributed by atoms with Crippen LogP contribution in [0.4, 0.5) is 0 Å². The molecule has 0 amide bonds. The van der Waals surface area contributed by atoms with Crippen LogP contribution in [0.5, 0.6) is 5.75 Å². The summed E-state index contributed by atoms with van der Waals surface area (Å²) >= 11 is 0. The molecule has 1 heteroatoms. The van der Waals surface area contributed by atoms with Gasteiger partial charge in [-0.2, -0.15) is 0 Å². The summed E-state index contributed by atoms with van der Waals surface area (Å²) in [6.07, 6.45) is 0. The van der Waals surface area contributed by atoms with Gasteiger partial charge in [-0.15, -0.1) is 0 Å². The summed E-state index contributed by atoms with van der Waals surface area (Å²) in [6.45, 7) is 8.44. The molecular weight excluding hydrogens is 304 g/mol. The minimum absolute atomic E-state index is 0.393. The molecule has 4 aromatic rings. The van der Waals surface area contributed by atoms with E-state index in [-0.39, 0.29) is 0 Å². The standard InChI is InChI=1S/C24H22O/c1-14-12-13-21-22(15(14)2)16(3)17(4)24(25)23(21)20-11-7-9-18-8-5-6-10-19(18)20/h5-13,25H,1-4H3. The van der Waals surface area contributed by atoms with Crippen molar-refractivity contribution in [1.82, 2.24) is 0 Å². The number of aromatic hydroxyl groups is 1. The van der Waals surface area contributed by atoms with Crippen molar-refractivity contribution in [3.63, 3.8) is 0 Å². The smallest absolute Gasteiger partial charge is 0.127 e. The van der Waals surface area contributed by atoms with Crippen molar-refractivity contribution in [1.29, 1.82) is 0 Å². The highest BCUT2D eigenvalue weighted by molar-refractivity contribution is 6.10. The molecule has 4 rings (SSSR count). The number of benzene rings is 4. The molecule has 0 saturated carbocycles. The van der Waals surface area contributed by atoms with Gasteiger partial charge in [-0.25, -0.2) is 0 Å². The van der Waals surface area contributed by atoms with Crippen molar-refractivity contribution in [3.8, 4) is 16.9 Å². The zero-order chi connectivity index (χ0) is 17.7. The maximum atomic E-state index is 11.0. The summed E-state index contributed by atoms with van der Waals surface area (Å²) in [6, 6.07) is 19.0. The number of fused-ring (bicyclic) bond motifs is 2. The Hall–Kier alpha value is -2.80. The molecular formula is C24H22O. The number of rotatable bonds is 1. The topological polar surface area (TPSA) is 20.2 Å². The van der Waals surface area contributed by atoms with Gasteiger partial charge in [0.1, 0.15) is 5.75 Å². The van der Waals surface area contributed by atoms with Crippen molar-refractivity contribution in [2.24, 2.45) is 0 Å². The minimum Gasteiger partial charge on any atom is -0.507 e. The summed E-state index contributed by atoms with van der Waals surface area (Å²) in [5.41, 5.74) is 6.73. The van der Waals surface area contributed by atoms with E-state index in [1.165, 1.54) is 27.3 Å². The number of hydrogen-bond donors (Lipinski definition) is 1. The Morgan fingerprint density at radius 1 is 0.640 bits per heavy atom. The van der Waals surface area contributed by atoms with Crippen LogP contribution in [0.2, 0.25) is 0 Å². The van der Waals surface area contributed by atoms with Crippen LogP contribution in [0, 0.1) is 27.7 Å². The number of hydrogen-bond acceptors (Lipinski definition) is 1. The fourth-order valence-electron chi connectivity index (χ4n) is 3.90. The third-order valence-electron chi connectivity index (χ3n) is 5.59. The van der Waals surface area contributed by atoms with Gasteiger partial charge in [-0.3, -0.25) is 0 Å². The van der Waals surface area contributed by atoms with E-state index < -0.39 is 0 Å². The van der Waals surface area contributed by atoms with Crippen molar-refractivity contribution < 1.29 is 5.11 Å². The predicted molar refractivity (Wildman–Crippen MR) is 108 cm³/mol. The van der Waals surface area contributed by atoms with Crippen LogP contribution >= 0.6 is 0 Å². The molecule has 0 aromatic heterocycles. The molecule has 0 bridgehead atoms. The summed E-state index contributed by atoms with van der Waals surface area (Å²) in [7, 11) is 0.